The molecule has 1 aliphatic carbocycles. The van der Waals surface area contributed by atoms with Crippen LogP contribution in [0.5, 0.6) is 11.5 Å². The summed E-state index contributed by atoms with van der Waals surface area (Å²) in [5, 5.41) is -0.124. The number of nitrogens with zero attached hydrogens (tertiary/aromatic N) is 1. The van der Waals surface area contributed by atoms with E-state index in [1.54, 1.807) is 14.2 Å². The van der Waals surface area contributed by atoms with Crippen LogP contribution in [0.15, 0.2) is 30.0 Å². The number of amides is 1. The average Bonchev–Trinajstić information content (AvgIpc) is 2.92. The third kappa shape index (κ3) is 3.54. The van der Waals surface area contributed by atoms with Gasteiger partial charge in [0.05, 0.1) is 19.5 Å². The van der Waals surface area contributed by atoms with Crippen LogP contribution in [0.25, 0.3) is 0 Å². The number of ketones is 1. The number of carbonyl (C=O) groups is 2. The largest absolute Gasteiger partial charge is 0.493 e. The van der Waals surface area contributed by atoms with Crippen molar-refractivity contribution >= 4 is 23.5 Å². The van der Waals surface area contributed by atoms with E-state index < -0.39 is 0 Å². The third-order valence-electron chi connectivity index (χ3n) is 4.87. The second-order valence-electron chi connectivity index (χ2n) is 6.30. The minimum absolute atomic E-state index is 0.0637. The van der Waals surface area contributed by atoms with Gasteiger partial charge in [0.25, 0.3) is 0 Å². The van der Waals surface area contributed by atoms with Gasteiger partial charge >= 0.3 is 0 Å². The summed E-state index contributed by atoms with van der Waals surface area (Å²) in [4.78, 5) is 26.3. The Bertz CT molecular complexity index is 715. The Morgan fingerprint density at radius 1 is 1.16 bits per heavy atom. The van der Waals surface area contributed by atoms with Gasteiger partial charge in [0.1, 0.15) is 5.78 Å². The molecule has 1 saturated heterocycles. The molecule has 2 unspecified atom stereocenters. The number of ether oxygens (including phenoxy) is 2. The topological polar surface area (TPSA) is 55.8 Å². The standard InChI is InChI=1S/C19H23NO4S/c1-23-16-5-4-12(8-17(16)24-2)6-7-20-14-11-18(25-3)15(21)9-13(14)10-19(20)22/h4-5,8,11,13,18H,6-7,9-10H2,1-3H3. The van der Waals surface area contributed by atoms with Crippen LogP contribution in [0.4, 0.5) is 0 Å². The molecular weight excluding hydrogens is 338 g/mol. The lowest BCUT2D eigenvalue weighted by molar-refractivity contribution is -0.126. The van der Waals surface area contributed by atoms with E-state index in [2.05, 4.69) is 0 Å². The van der Waals surface area contributed by atoms with E-state index in [0.717, 1.165) is 17.7 Å². The SMILES string of the molecule is COc1ccc(CCN2C(=O)CC3CC(=O)C(SC)C=C32)cc1OC. The summed E-state index contributed by atoms with van der Waals surface area (Å²) in [6.07, 6.45) is 5.58. The van der Waals surface area contributed by atoms with Crippen LogP contribution in [0.1, 0.15) is 18.4 Å². The number of likely N-dealkylation sites (tertiary alicyclic amines) is 1. The predicted molar refractivity (Wildman–Crippen MR) is 98.1 cm³/mol. The van der Waals surface area contributed by atoms with E-state index in [9.17, 15) is 9.59 Å². The molecule has 5 nitrogen and oxygen atoms in total. The van der Waals surface area contributed by atoms with Crippen molar-refractivity contribution in [2.45, 2.75) is 24.5 Å². The Balaban J connectivity index is 1.74. The van der Waals surface area contributed by atoms with Crippen molar-refractivity contribution in [2.24, 2.45) is 5.92 Å². The number of allylic oxidation sites excluding steroid dienone is 1. The van der Waals surface area contributed by atoms with Gasteiger partial charge in [0.2, 0.25) is 5.91 Å². The molecular formula is C19H23NO4S. The summed E-state index contributed by atoms with van der Waals surface area (Å²) >= 11 is 1.54. The monoisotopic (exact) mass is 361 g/mol. The number of rotatable bonds is 6. The van der Waals surface area contributed by atoms with Gasteiger partial charge in [-0.05, 0) is 36.4 Å². The van der Waals surface area contributed by atoms with Crippen LogP contribution in [0.3, 0.4) is 0 Å². The van der Waals surface area contributed by atoms with E-state index >= 15 is 0 Å². The lowest BCUT2D eigenvalue weighted by Gasteiger charge is -2.26. The molecule has 0 N–H and O–H groups in total. The molecule has 3 rings (SSSR count). The lowest BCUT2D eigenvalue weighted by atomic mass is 9.91. The van der Waals surface area contributed by atoms with Gasteiger partial charge in [-0.25, -0.2) is 0 Å². The zero-order valence-electron chi connectivity index (χ0n) is 14.8. The molecule has 134 valence electrons. The van der Waals surface area contributed by atoms with Gasteiger partial charge in [-0.15, -0.1) is 11.8 Å². The van der Waals surface area contributed by atoms with E-state index in [1.165, 1.54) is 11.8 Å². The molecule has 1 aromatic rings. The number of benzene rings is 1. The van der Waals surface area contributed by atoms with Crippen molar-refractivity contribution in [3.8, 4) is 11.5 Å². The molecule has 2 aliphatic rings. The van der Waals surface area contributed by atoms with Gasteiger partial charge in [0.15, 0.2) is 11.5 Å². The molecule has 25 heavy (non-hydrogen) atoms. The summed E-state index contributed by atoms with van der Waals surface area (Å²) in [5.74, 6) is 1.80. The molecule has 1 amide bonds. The Morgan fingerprint density at radius 3 is 2.60 bits per heavy atom. The fraction of sp³-hybridized carbons (Fsp3) is 0.474. The molecule has 1 aliphatic heterocycles. The number of Topliss-reactive ketones (excluding diaryl/α,β-unsaturated/α-hetero) is 1. The van der Waals surface area contributed by atoms with Crippen molar-refractivity contribution in [3.05, 3.63) is 35.5 Å². The van der Waals surface area contributed by atoms with Crippen molar-refractivity contribution < 1.29 is 19.1 Å². The molecule has 0 bridgehead atoms. The first-order valence-electron chi connectivity index (χ1n) is 8.35. The molecule has 0 radical (unpaired) electrons. The second-order valence-corrected chi connectivity index (χ2v) is 7.28. The molecule has 1 heterocycles. The highest BCUT2D eigenvalue weighted by Crippen LogP contribution is 2.38. The zero-order valence-corrected chi connectivity index (χ0v) is 15.6. The number of hydrogen-bond acceptors (Lipinski definition) is 5. The van der Waals surface area contributed by atoms with E-state index in [1.807, 2.05) is 35.4 Å². The molecule has 0 aromatic heterocycles. The highest BCUT2D eigenvalue weighted by atomic mass is 32.2. The summed E-state index contributed by atoms with van der Waals surface area (Å²) < 4.78 is 10.6. The molecule has 2 atom stereocenters. The number of fused-ring (bicyclic) bond motifs is 1. The first-order chi connectivity index (χ1) is 12.1. The number of hydrogen-bond donors (Lipinski definition) is 0. The van der Waals surface area contributed by atoms with Gasteiger partial charge in [-0.1, -0.05) is 6.07 Å². The first-order valence-corrected chi connectivity index (χ1v) is 9.64. The normalized spacial score (nSPS) is 22.7. The maximum atomic E-state index is 12.4. The lowest BCUT2D eigenvalue weighted by Crippen LogP contribution is -2.30. The Labute approximate surface area is 152 Å². The van der Waals surface area contributed by atoms with Crippen molar-refractivity contribution in [1.29, 1.82) is 0 Å². The summed E-state index contributed by atoms with van der Waals surface area (Å²) in [7, 11) is 3.22. The predicted octanol–water partition coefficient (Wildman–Crippen LogP) is 2.68. The molecule has 1 fully saturated rings. The van der Waals surface area contributed by atoms with Crippen LogP contribution in [0, 0.1) is 5.92 Å². The highest BCUT2D eigenvalue weighted by Gasteiger charge is 2.40. The number of methoxy groups -OCH3 is 2. The zero-order chi connectivity index (χ0) is 18.0. The maximum Gasteiger partial charge on any atom is 0.227 e. The van der Waals surface area contributed by atoms with Gasteiger partial charge in [0, 0.05) is 31.0 Å². The Morgan fingerprint density at radius 2 is 1.92 bits per heavy atom. The Hall–Kier alpha value is -1.95. The fourth-order valence-corrected chi connectivity index (χ4v) is 4.16. The van der Waals surface area contributed by atoms with Crippen LogP contribution in [-0.2, 0) is 16.0 Å². The first kappa shape index (κ1) is 17.9. The van der Waals surface area contributed by atoms with Crippen LogP contribution in [-0.4, -0.2) is 48.9 Å². The molecule has 6 heteroatoms. The van der Waals surface area contributed by atoms with E-state index in [-0.39, 0.29) is 22.9 Å². The highest BCUT2D eigenvalue weighted by molar-refractivity contribution is 8.00. The third-order valence-corrected chi connectivity index (χ3v) is 5.77. The summed E-state index contributed by atoms with van der Waals surface area (Å²) in [6.45, 7) is 0.617. The van der Waals surface area contributed by atoms with Crippen molar-refractivity contribution in [3.63, 3.8) is 0 Å². The summed E-state index contributed by atoms with van der Waals surface area (Å²) in [6, 6.07) is 5.81. The van der Waals surface area contributed by atoms with Crippen LogP contribution >= 0.6 is 11.8 Å². The number of thioether (sulfide) groups is 1. The Kier molecular flexibility index (Phi) is 5.37. The number of carbonyl (C=O) groups excluding carboxylic acids is 2. The van der Waals surface area contributed by atoms with E-state index in [4.69, 9.17) is 9.47 Å². The van der Waals surface area contributed by atoms with Crippen molar-refractivity contribution in [1.82, 2.24) is 4.90 Å². The second kappa shape index (κ2) is 7.52. The van der Waals surface area contributed by atoms with Gasteiger partial charge < -0.3 is 14.4 Å². The van der Waals surface area contributed by atoms with Crippen LogP contribution < -0.4 is 9.47 Å². The van der Waals surface area contributed by atoms with Gasteiger partial charge in [-0.3, -0.25) is 9.59 Å². The van der Waals surface area contributed by atoms with Gasteiger partial charge in [-0.2, -0.15) is 0 Å². The summed E-state index contributed by atoms with van der Waals surface area (Å²) in [5.41, 5.74) is 2.12. The van der Waals surface area contributed by atoms with E-state index in [0.29, 0.717) is 30.9 Å². The molecule has 0 saturated carbocycles. The fourth-order valence-electron chi connectivity index (χ4n) is 3.53. The quantitative estimate of drug-likeness (QED) is 0.780. The smallest absolute Gasteiger partial charge is 0.227 e. The average molecular weight is 361 g/mol. The minimum Gasteiger partial charge on any atom is -0.493 e. The molecule has 0 spiro atoms. The minimum atomic E-state index is -0.124. The van der Waals surface area contributed by atoms with Crippen molar-refractivity contribution in [2.75, 3.05) is 27.0 Å². The molecule has 1 aromatic carbocycles. The maximum absolute atomic E-state index is 12.4. The van der Waals surface area contributed by atoms with Crippen LogP contribution in [0.2, 0.25) is 0 Å².